The van der Waals surface area contributed by atoms with Gasteiger partial charge in [0, 0.05) is 19.5 Å². The second-order valence-corrected chi connectivity index (χ2v) is 16.8. The van der Waals surface area contributed by atoms with Crippen molar-refractivity contribution in [3.05, 3.63) is 29.8 Å². The van der Waals surface area contributed by atoms with Gasteiger partial charge in [-0.15, -0.1) is 11.5 Å². The average molecular weight is 420 g/mol. The molecular weight excluding hydrogens is 382 g/mol. The van der Waals surface area contributed by atoms with Crippen LogP contribution in [0.15, 0.2) is 29.2 Å². The molecule has 2 rings (SSSR count). The summed E-state index contributed by atoms with van der Waals surface area (Å²) in [5.74, 6) is 3.86. The van der Waals surface area contributed by atoms with Gasteiger partial charge in [-0.2, -0.15) is 4.31 Å². The summed E-state index contributed by atoms with van der Waals surface area (Å²) in [6, 6.07) is 7.15. The maximum Gasteiger partial charge on any atom is 0.243 e. The van der Waals surface area contributed by atoms with Gasteiger partial charge in [-0.05, 0) is 48.0 Å². The van der Waals surface area contributed by atoms with Gasteiger partial charge in [-0.25, -0.2) is 8.42 Å². The molecule has 0 aromatic heterocycles. The molecule has 1 unspecified atom stereocenters. The fourth-order valence-electron chi connectivity index (χ4n) is 4.82. The van der Waals surface area contributed by atoms with Crippen molar-refractivity contribution in [2.24, 2.45) is 5.92 Å². The van der Waals surface area contributed by atoms with Gasteiger partial charge in [0.2, 0.25) is 10.0 Å². The largest absolute Gasteiger partial charge is 0.243 e. The first-order chi connectivity index (χ1) is 13.0. The number of benzene rings is 1. The van der Waals surface area contributed by atoms with E-state index in [0.29, 0.717) is 40.5 Å². The van der Waals surface area contributed by atoms with Crippen LogP contribution in [0.4, 0.5) is 0 Å². The highest BCUT2D eigenvalue weighted by Crippen LogP contribution is 2.40. The van der Waals surface area contributed by atoms with Gasteiger partial charge in [-0.3, -0.25) is 0 Å². The lowest BCUT2D eigenvalue weighted by atomic mass is 10.1. The quantitative estimate of drug-likeness (QED) is 0.443. The molecule has 0 saturated carbocycles. The maximum atomic E-state index is 12.9. The molecule has 0 bridgehead atoms. The first-order valence-corrected chi connectivity index (χ1v) is 14.3. The highest BCUT2D eigenvalue weighted by atomic mass is 32.2. The standard InChI is InChI=1S/C23H37NO2SSi/c1-18(2)28(19(3)4,20(5)6)16-8-9-22-14-15-24(17-22)27(25,26)23-12-10-21(7)11-13-23/h10-13,18-20,22H,9,14-15,17H2,1-7H3. The molecule has 156 valence electrons. The number of rotatable bonds is 6. The molecule has 0 N–H and O–H groups in total. The molecule has 1 fully saturated rings. The molecule has 0 aliphatic carbocycles. The second-order valence-electron chi connectivity index (χ2n) is 9.23. The first-order valence-electron chi connectivity index (χ1n) is 10.6. The SMILES string of the molecule is Cc1ccc(S(=O)(=O)N2CCC(CC#C[Si](C(C)C)(C(C)C)C(C)C)C2)cc1. The molecule has 1 heterocycles. The van der Waals surface area contributed by atoms with E-state index >= 15 is 0 Å². The van der Waals surface area contributed by atoms with Gasteiger partial charge in [0.15, 0.2) is 0 Å². The molecule has 0 spiro atoms. The van der Waals surface area contributed by atoms with Crippen LogP contribution < -0.4 is 0 Å². The summed E-state index contributed by atoms with van der Waals surface area (Å²) >= 11 is 0. The van der Waals surface area contributed by atoms with Crippen LogP contribution in [0.25, 0.3) is 0 Å². The molecule has 1 aromatic rings. The van der Waals surface area contributed by atoms with Crippen LogP contribution in [0.1, 0.15) is 59.9 Å². The predicted molar refractivity (Wildman–Crippen MR) is 121 cm³/mol. The predicted octanol–water partition coefficient (Wildman–Crippen LogP) is 5.62. The number of hydrogen-bond acceptors (Lipinski definition) is 2. The molecule has 1 aliphatic rings. The van der Waals surface area contributed by atoms with Gasteiger partial charge in [-0.1, -0.05) is 59.2 Å². The lowest BCUT2D eigenvalue weighted by Crippen LogP contribution is -2.43. The highest BCUT2D eigenvalue weighted by molar-refractivity contribution is 7.89. The minimum atomic E-state index is -3.39. The monoisotopic (exact) mass is 419 g/mol. The Labute approximate surface area is 174 Å². The van der Waals surface area contributed by atoms with Gasteiger partial charge < -0.3 is 0 Å². The molecular formula is C23H37NO2SSi. The third kappa shape index (κ3) is 4.72. The number of aryl methyl sites for hydroxylation is 1. The summed E-state index contributed by atoms with van der Waals surface area (Å²) in [6.45, 7) is 17.1. The van der Waals surface area contributed by atoms with E-state index in [1.807, 2.05) is 19.1 Å². The van der Waals surface area contributed by atoms with Gasteiger partial charge >= 0.3 is 0 Å². The van der Waals surface area contributed by atoms with Crippen molar-refractivity contribution in [2.45, 2.75) is 82.8 Å². The normalized spacial score (nSPS) is 18.7. The molecule has 1 aliphatic heterocycles. The lowest BCUT2D eigenvalue weighted by Gasteiger charge is -2.38. The number of sulfonamides is 1. The Morgan fingerprint density at radius 3 is 2.07 bits per heavy atom. The fraction of sp³-hybridized carbons (Fsp3) is 0.652. The summed E-state index contributed by atoms with van der Waals surface area (Å²) in [5.41, 5.74) is 6.72. The van der Waals surface area contributed by atoms with E-state index in [1.165, 1.54) is 0 Å². The third-order valence-corrected chi connectivity index (χ3v) is 14.7. The van der Waals surface area contributed by atoms with Gasteiger partial charge in [0.25, 0.3) is 0 Å². The maximum absolute atomic E-state index is 12.9. The average Bonchev–Trinajstić information content (AvgIpc) is 3.08. The van der Waals surface area contributed by atoms with Crippen molar-refractivity contribution in [1.82, 2.24) is 4.31 Å². The smallest absolute Gasteiger partial charge is 0.207 e. The third-order valence-electron chi connectivity index (χ3n) is 6.47. The number of hydrogen-bond donors (Lipinski definition) is 0. The van der Waals surface area contributed by atoms with E-state index in [-0.39, 0.29) is 0 Å². The Balaban J connectivity index is 2.09. The molecule has 0 amide bonds. The topological polar surface area (TPSA) is 37.4 Å². The molecule has 5 heteroatoms. The van der Waals surface area contributed by atoms with E-state index in [4.69, 9.17) is 0 Å². The van der Waals surface area contributed by atoms with Gasteiger partial charge in [0.05, 0.1) is 4.90 Å². The first kappa shape index (κ1) is 23.2. The highest BCUT2D eigenvalue weighted by Gasteiger charge is 2.41. The summed E-state index contributed by atoms with van der Waals surface area (Å²) in [6.07, 6.45) is 1.71. The molecule has 1 saturated heterocycles. The molecule has 28 heavy (non-hydrogen) atoms. The van der Waals surface area contributed by atoms with Crippen molar-refractivity contribution < 1.29 is 8.42 Å². The van der Waals surface area contributed by atoms with Crippen LogP contribution in [0.3, 0.4) is 0 Å². The van der Waals surface area contributed by atoms with Crippen molar-refractivity contribution in [2.75, 3.05) is 13.1 Å². The second kappa shape index (κ2) is 9.15. The summed E-state index contributed by atoms with van der Waals surface area (Å²) in [7, 11) is -5.09. The van der Waals surface area contributed by atoms with E-state index in [0.717, 1.165) is 18.4 Å². The molecule has 1 aromatic carbocycles. The summed E-state index contributed by atoms with van der Waals surface area (Å²) in [5, 5.41) is 0. The van der Waals surface area contributed by atoms with E-state index in [9.17, 15) is 8.42 Å². The zero-order valence-electron chi connectivity index (χ0n) is 18.6. The van der Waals surface area contributed by atoms with E-state index in [1.54, 1.807) is 16.4 Å². The van der Waals surface area contributed by atoms with Gasteiger partial charge in [0.1, 0.15) is 8.07 Å². The Hall–Kier alpha value is -1.09. The summed E-state index contributed by atoms with van der Waals surface area (Å²) in [4.78, 5) is 0.399. The molecule has 3 nitrogen and oxygen atoms in total. The van der Waals surface area contributed by atoms with E-state index in [2.05, 4.69) is 53.0 Å². The minimum absolute atomic E-state index is 0.339. The van der Waals surface area contributed by atoms with Crippen LogP contribution in [0, 0.1) is 24.3 Å². The zero-order chi connectivity index (χ0) is 21.1. The van der Waals surface area contributed by atoms with Crippen molar-refractivity contribution in [3.8, 4) is 11.5 Å². The van der Waals surface area contributed by atoms with Crippen LogP contribution in [0.5, 0.6) is 0 Å². The van der Waals surface area contributed by atoms with Crippen LogP contribution >= 0.6 is 0 Å². The zero-order valence-corrected chi connectivity index (χ0v) is 20.4. The molecule has 0 radical (unpaired) electrons. The lowest BCUT2D eigenvalue weighted by molar-refractivity contribution is 0.459. The van der Waals surface area contributed by atoms with E-state index < -0.39 is 18.1 Å². The number of nitrogens with zero attached hydrogens (tertiary/aromatic N) is 1. The molecule has 1 atom stereocenters. The van der Waals surface area contributed by atoms with Crippen LogP contribution in [0.2, 0.25) is 16.6 Å². The van der Waals surface area contributed by atoms with Crippen molar-refractivity contribution in [3.63, 3.8) is 0 Å². The van der Waals surface area contributed by atoms with Crippen LogP contribution in [-0.4, -0.2) is 33.9 Å². The summed E-state index contributed by atoms with van der Waals surface area (Å²) < 4.78 is 27.4. The Morgan fingerprint density at radius 1 is 1.04 bits per heavy atom. The minimum Gasteiger partial charge on any atom is -0.207 e. The Kier molecular flexibility index (Phi) is 7.58. The van der Waals surface area contributed by atoms with Crippen LogP contribution in [-0.2, 0) is 10.0 Å². The Morgan fingerprint density at radius 2 is 1.57 bits per heavy atom. The van der Waals surface area contributed by atoms with Crippen molar-refractivity contribution >= 4 is 18.1 Å². The van der Waals surface area contributed by atoms with Crippen molar-refractivity contribution in [1.29, 1.82) is 0 Å². The Bertz CT molecular complexity index is 795. The fourth-order valence-corrected chi connectivity index (χ4v) is 11.6.